The Bertz CT molecular complexity index is 187. The van der Waals surface area contributed by atoms with E-state index in [4.69, 9.17) is 5.11 Å². The van der Waals surface area contributed by atoms with E-state index in [-0.39, 0.29) is 19.1 Å². The van der Waals surface area contributed by atoms with Gasteiger partial charge < -0.3 is 14.7 Å². The predicted molar refractivity (Wildman–Crippen MR) is 48.5 cm³/mol. The van der Waals surface area contributed by atoms with Crippen molar-refractivity contribution in [2.75, 3.05) is 39.5 Å². The second kappa shape index (κ2) is 5.67. The number of likely N-dealkylation sites (tertiary alicyclic amines) is 1. The van der Waals surface area contributed by atoms with E-state index < -0.39 is 12.8 Å². The van der Waals surface area contributed by atoms with E-state index in [0.717, 1.165) is 19.5 Å². The molecule has 1 saturated heterocycles. The summed E-state index contributed by atoms with van der Waals surface area (Å²) in [5.74, 6) is 0.271. The average Bonchev–Trinajstić information content (AvgIpc) is 2.59. The number of ether oxygens (including phenoxy) is 1. The molecule has 0 aromatic rings. The van der Waals surface area contributed by atoms with Crippen LogP contribution >= 0.6 is 0 Å². The van der Waals surface area contributed by atoms with Gasteiger partial charge in [-0.1, -0.05) is 0 Å². The van der Waals surface area contributed by atoms with Crippen molar-refractivity contribution >= 4 is 0 Å². The largest absolute Gasteiger partial charge is 0.411 e. The molecule has 1 atom stereocenters. The van der Waals surface area contributed by atoms with Crippen LogP contribution in [0.1, 0.15) is 6.42 Å². The Morgan fingerprint density at radius 2 is 2.13 bits per heavy atom. The zero-order chi connectivity index (χ0) is 11.3. The summed E-state index contributed by atoms with van der Waals surface area (Å²) in [6, 6.07) is 0. The fraction of sp³-hybridized carbons (Fsp3) is 1.00. The number of rotatable bonds is 5. The lowest BCUT2D eigenvalue weighted by atomic mass is 10.1. The van der Waals surface area contributed by atoms with Crippen LogP contribution in [0, 0.1) is 5.92 Å². The maximum absolute atomic E-state index is 11.7. The topological polar surface area (TPSA) is 32.7 Å². The monoisotopic (exact) mass is 227 g/mol. The zero-order valence-electron chi connectivity index (χ0n) is 8.46. The van der Waals surface area contributed by atoms with Gasteiger partial charge >= 0.3 is 6.18 Å². The summed E-state index contributed by atoms with van der Waals surface area (Å²) in [4.78, 5) is 2.01. The fourth-order valence-electron chi connectivity index (χ4n) is 1.65. The molecule has 1 fully saturated rings. The number of hydrogen-bond donors (Lipinski definition) is 1. The molecule has 90 valence electrons. The zero-order valence-corrected chi connectivity index (χ0v) is 8.46. The molecule has 0 aromatic heterocycles. The molecule has 0 saturated carbocycles. The van der Waals surface area contributed by atoms with Gasteiger partial charge in [-0.15, -0.1) is 0 Å². The summed E-state index contributed by atoms with van der Waals surface area (Å²) in [5.41, 5.74) is 0. The van der Waals surface area contributed by atoms with Crippen molar-refractivity contribution in [2.45, 2.75) is 12.6 Å². The molecule has 1 aliphatic rings. The van der Waals surface area contributed by atoms with Crippen LogP contribution in [0.5, 0.6) is 0 Å². The van der Waals surface area contributed by atoms with Crippen LogP contribution in [0.15, 0.2) is 0 Å². The molecule has 1 aliphatic heterocycles. The van der Waals surface area contributed by atoms with Gasteiger partial charge in [0.25, 0.3) is 0 Å². The molecule has 0 amide bonds. The van der Waals surface area contributed by atoms with E-state index in [1.54, 1.807) is 0 Å². The van der Waals surface area contributed by atoms with Crippen LogP contribution in [-0.4, -0.2) is 55.6 Å². The molecular weight excluding hydrogens is 211 g/mol. The van der Waals surface area contributed by atoms with Crippen LogP contribution in [0.4, 0.5) is 13.2 Å². The highest BCUT2D eigenvalue weighted by Crippen LogP contribution is 2.16. The van der Waals surface area contributed by atoms with Gasteiger partial charge in [0.05, 0.1) is 6.61 Å². The van der Waals surface area contributed by atoms with Crippen molar-refractivity contribution in [1.82, 2.24) is 4.90 Å². The molecule has 0 radical (unpaired) electrons. The van der Waals surface area contributed by atoms with Crippen molar-refractivity contribution < 1.29 is 23.0 Å². The highest BCUT2D eigenvalue weighted by molar-refractivity contribution is 4.74. The number of nitrogens with zero attached hydrogens (tertiary/aromatic N) is 1. The lowest BCUT2D eigenvalue weighted by Gasteiger charge is -2.15. The first-order valence-corrected chi connectivity index (χ1v) is 4.99. The number of aliphatic hydroxyl groups is 1. The lowest BCUT2D eigenvalue weighted by Crippen LogP contribution is -2.27. The van der Waals surface area contributed by atoms with Gasteiger partial charge in [-0.3, -0.25) is 0 Å². The minimum Gasteiger partial charge on any atom is -0.396 e. The Kier molecular flexibility index (Phi) is 4.82. The third kappa shape index (κ3) is 5.34. The van der Waals surface area contributed by atoms with Crippen LogP contribution in [0.25, 0.3) is 0 Å². The molecule has 1 heterocycles. The van der Waals surface area contributed by atoms with E-state index in [9.17, 15) is 13.2 Å². The summed E-state index contributed by atoms with van der Waals surface area (Å²) in [6.45, 7) is 1.17. The molecule has 0 aromatic carbocycles. The van der Waals surface area contributed by atoms with Crippen molar-refractivity contribution in [3.8, 4) is 0 Å². The van der Waals surface area contributed by atoms with Crippen LogP contribution in [0.2, 0.25) is 0 Å². The smallest absolute Gasteiger partial charge is 0.396 e. The molecule has 0 aliphatic carbocycles. The van der Waals surface area contributed by atoms with Gasteiger partial charge in [-0.25, -0.2) is 0 Å². The molecule has 0 spiro atoms. The van der Waals surface area contributed by atoms with E-state index in [0.29, 0.717) is 6.54 Å². The van der Waals surface area contributed by atoms with Crippen molar-refractivity contribution in [2.24, 2.45) is 5.92 Å². The second-order valence-electron chi connectivity index (χ2n) is 3.81. The van der Waals surface area contributed by atoms with E-state index in [1.807, 2.05) is 4.90 Å². The Hall–Kier alpha value is -0.330. The molecular formula is C9H16F3NO2. The second-order valence-corrected chi connectivity index (χ2v) is 3.81. The quantitative estimate of drug-likeness (QED) is 0.708. The van der Waals surface area contributed by atoms with Gasteiger partial charge in [-0.05, 0) is 18.9 Å². The highest BCUT2D eigenvalue weighted by atomic mass is 19.4. The molecule has 6 heteroatoms. The van der Waals surface area contributed by atoms with E-state index in [2.05, 4.69) is 4.74 Å². The number of alkyl halides is 3. The fourth-order valence-corrected chi connectivity index (χ4v) is 1.65. The van der Waals surface area contributed by atoms with E-state index >= 15 is 0 Å². The Labute approximate surface area is 86.8 Å². The summed E-state index contributed by atoms with van der Waals surface area (Å²) < 4.78 is 39.6. The van der Waals surface area contributed by atoms with Crippen molar-refractivity contribution in [3.63, 3.8) is 0 Å². The van der Waals surface area contributed by atoms with Crippen LogP contribution in [-0.2, 0) is 4.74 Å². The summed E-state index contributed by atoms with van der Waals surface area (Å²) in [7, 11) is 0. The molecule has 1 unspecified atom stereocenters. The highest BCUT2D eigenvalue weighted by Gasteiger charge is 2.27. The molecule has 1 N–H and O–H groups in total. The summed E-state index contributed by atoms with van der Waals surface area (Å²) in [5, 5.41) is 8.86. The first-order chi connectivity index (χ1) is 7.01. The van der Waals surface area contributed by atoms with Gasteiger partial charge in [0.2, 0.25) is 0 Å². The normalized spacial score (nSPS) is 23.6. The summed E-state index contributed by atoms with van der Waals surface area (Å²) in [6.07, 6.45) is -3.32. The Morgan fingerprint density at radius 3 is 2.67 bits per heavy atom. The number of hydrogen-bond acceptors (Lipinski definition) is 3. The lowest BCUT2D eigenvalue weighted by molar-refractivity contribution is -0.174. The summed E-state index contributed by atoms with van der Waals surface area (Å²) >= 11 is 0. The maximum Gasteiger partial charge on any atom is 0.411 e. The molecule has 0 bridgehead atoms. The Balaban J connectivity index is 2.02. The maximum atomic E-state index is 11.7. The van der Waals surface area contributed by atoms with Gasteiger partial charge in [0.1, 0.15) is 6.61 Å². The minimum atomic E-state index is -4.24. The molecule has 1 rings (SSSR count). The van der Waals surface area contributed by atoms with Gasteiger partial charge in [0.15, 0.2) is 0 Å². The predicted octanol–water partition coefficient (Wildman–Crippen LogP) is 0.879. The number of aliphatic hydroxyl groups excluding tert-OH is 1. The van der Waals surface area contributed by atoms with Crippen LogP contribution < -0.4 is 0 Å². The van der Waals surface area contributed by atoms with Crippen molar-refractivity contribution in [3.05, 3.63) is 0 Å². The van der Waals surface area contributed by atoms with E-state index in [1.165, 1.54) is 0 Å². The minimum absolute atomic E-state index is 0.0949. The molecule has 15 heavy (non-hydrogen) atoms. The van der Waals surface area contributed by atoms with Crippen molar-refractivity contribution in [1.29, 1.82) is 0 Å². The average molecular weight is 227 g/mol. The van der Waals surface area contributed by atoms with Crippen LogP contribution in [0.3, 0.4) is 0 Å². The third-order valence-corrected chi connectivity index (χ3v) is 2.45. The number of halogens is 3. The van der Waals surface area contributed by atoms with Gasteiger partial charge in [-0.2, -0.15) is 13.2 Å². The first-order valence-electron chi connectivity index (χ1n) is 4.99. The SMILES string of the molecule is OCC1CCN(CCOCC(F)(F)F)C1. The molecule has 3 nitrogen and oxygen atoms in total. The standard InChI is InChI=1S/C9H16F3NO2/c10-9(11,12)7-15-4-3-13-2-1-8(5-13)6-14/h8,14H,1-7H2. The third-order valence-electron chi connectivity index (χ3n) is 2.45. The Morgan fingerprint density at radius 1 is 1.40 bits per heavy atom. The first kappa shape index (κ1) is 12.7. The van der Waals surface area contributed by atoms with Gasteiger partial charge in [0, 0.05) is 19.7 Å².